The van der Waals surface area contributed by atoms with Crippen LogP contribution in [-0.2, 0) is 10.2 Å². The summed E-state index contributed by atoms with van der Waals surface area (Å²) in [5, 5.41) is 10.7. The predicted molar refractivity (Wildman–Crippen MR) is 95.8 cm³/mol. The standard InChI is InChI=1S/C16H24N4O4S/c1-14-3-2-8-19(13-14)25(23,24)18-11-9-17(10-12-18)15-4-6-16(7-5-15)20(21)22/h4-7,14H,2-3,8-13H2,1H3. The number of hydrogen-bond acceptors (Lipinski definition) is 5. The van der Waals surface area contributed by atoms with E-state index in [4.69, 9.17) is 0 Å². The van der Waals surface area contributed by atoms with Gasteiger partial charge in [-0.25, -0.2) is 0 Å². The second-order valence-corrected chi connectivity index (χ2v) is 8.70. The Bertz CT molecular complexity index is 714. The van der Waals surface area contributed by atoms with Crippen LogP contribution in [0.15, 0.2) is 24.3 Å². The lowest BCUT2D eigenvalue weighted by Crippen LogP contribution is -2.54. The van der Waals surface area contributed by atoms with E-state index in [1.165, 1.54) is 12.1 Å². The monoisotopic (exact) mass is 368 g/mol. The van der Waals surface area contributed by atoms with Crippen LogP contribution in [0.1, 0.15) is 19.8 Å². The molecule has 1 atom stereocenters. The van der Waals surface area contributed by atoms with E-state index in [-0.39, 0.29) is 5.69 Å². The normalized spacial score (nSPS) is 23.6. The molecule has 2 heterocycles. The lowest BCUT2D eigenvalue weighted by atomic mass is 10.0. The molecular formula is C16H24N4O4S. The molecule has 8 nitrogen and oxygen atoms in total. The fraction of sp³-hybridized carbons (Fsp3) is 0.625. The van der Waals surface area contributed by atoms with Crippen LogP contribution in [0.4, 0.5) is 11.4 Å². The Balaban J connectivity index is 1.62. The summed E-state index contributed by atoms with van der Waals surface area (Å²) in [5.74, 6) is 0.407. The molecule has 138 valence electrons. The molecule has 25 heavy (non-hydrogen) atoms. The number of non-ortho nitro benzene ring substituents is 1. The van der Waals surface area contributed by atoms with Gasteiger partial charge in [0.2, 0.25) is 0 Å². The van der Waals surface area contributed by atoms with Gasteiger partial charge in [-0.05, 0) is 30.9 Å². The Kier molecular flexibility index (Phi) is 5.26. The lowest BCUT2D eigenvalue weighted by molar-refractivity contribution is -0.384. The van der Waals surface area contributed by atoms with Crippen molar-refractivity contribution in [3.63, 3.8) is 0 Å². The number of anilines is 1. The number of hydrogen-bond donors (Lipinski definition) is 0. The number of piperidine rings is 1. The van der Waals surface area contributed by atoms with Gasteiger partial charge in [-0.2, -0.15) is 17.0 Å². The van der Waals surface area contributed by atoms with Gasteiger partial charge in [0.25, 0.3) is 15.9 Å². The Hall–Kier alpha value is -1.71. The van der Waals surface area contributed by atoms with Gasteiger partial charge in [-0.15, -0.1) is 0 Å². The van der Waals surface area contributed by atoms with E-state index in [9.17, 15) is 18.5 Å². The van der Waals surface area contributed by atoms with Gasteiger partial charge in [0.05, 0.1) is 4.92 Å². The molecule has 9 heteroatoms. The Morgan fingerprint density at radius 1 is 1.04 bits per heavy atom. The second kappa shape index (κ2) is 7.27. The van der Waals surface area contributed by atoms with Crippen LogP contribution in [0.3, 0.4) is 0 Å². The van der Waals surface area contributed by atoms with Gasteiger partial charge in [0, 0.05) is 57.1 Å². The van der Waals surface area contributed by atoms with Crippen molar-refractivity contribution in [3.05, 3.63) is 34.4 Å². The number of nitrogens with zero attached hydrogens (tertiary/aromatic N) is 4. The van der Waals surface area contributed by atoms with E-state index in [0.717, 1.165) is 18.5 Å². The Morgan fingerprint density at radius 2 is 1.68 bits per heavy atom. The van der Waals surface area contributed by atoms with E-state index >= 15 is 0 Å². The molecule has 0 N–H and O–H groups in total. The fourth-order valence-corrected chi connectivity index (χ4v) is 5.24. The van der Waals surface area contributed by atoms with Crippen molar-refractivity contribution in [1.82, 2.24) is 8.61 Å². The second-order valence-electron chi connectivity index (χ2n) is 6.77. The first-order valence-corrected chi connectivity index (χ1v) is 10.0. The molecule has 0 bridgehead atoms. The first-order valence-electron chi connectivity index (χ1n) is 8.62. The zero-order valence-electron chi connectivity index (χ0n) is 14.4. The summed E-state index contributed by atoms with van der Waals surface area (Å²) in [4.78, 5) is 12.4. The average molecular weight is 368 g/mol. The minimum atomic E-state index is -3.39. The van der Waals surface area contributed by atoms with E-state index in [1.54, 1.807) is 20.7 Å². The zero-order valence-corrected chi connectivity index (χ0v) is 15.2. The quantitative estimate of drug-likeness (QED) is 0.596. The van der Waals surface area contributed by atoms with E-state index in [0.29, 0.717) is 45.2 Å². The topological polar surface area (TPSA) is 87.0 Å². The van der Waals surface area contributed by atoms with Crippen LogP contribution in [0.2, 0.25) is 0 Å². The average Bonchev–Trinajstić information content (AvgIpc) is 2.62. The minimum Gasteiger partial charge on any atom is -0.369 e. The Morgan fingerprint density at radius 3 is 2.24 bits per heavy atom. The lowest BCUT2D eigenvalue weighted by Gasteiger charge is -2.39. The molecule has 1 aromatic carbocycles. The first-order chi connectivity index (χ1) is 11.9. The number of nitro groups is 1. The van der Waals surface area contributed by atoms with E-state index < -0.39 is 15.1 Å². The molecule has 1 aromatic rings. The summed E-state index contributed by atoms with van der Waals surface area (Å²) in [6.45, 7) is 5.34. The van der Waals surface area contributed by atoms with Crippen LogP contribution in [0.5, 0.6) is 0 Å². The smallest absolute Gasteiger partial charge is 0.282 e. The molecule has 2 fully saturated rings. The van der Waals surface area contributed by atoms with Gasteiger partial charge >= 0.3 is 0 Å². The van der Waals surface area contributed by atoms with Crippen molar-refractivity contribution < 1.29 is 13.3 Å². The van der Waals surface area contributed by atoms with Crippen LogP contribution in [0, 0.1) is 16.0 Å². The fourth-order valence-electron chi connectivity index (χ4n) is 3.48. The maximum Gasteiger partial charge on any atom is 0.282 e. The Labute approximate surface area is 148 Å². The SMILES string of the molecule is CC1CCCN(S(=O)(=O)N2CCN(c3ccc([N+](=O)[O-])cc3)CC2)C1. The molecule has 2 aliphatic heterocycles. The van der Waals surface area contributed by atoms with Crippen molar-refractivity contribution in [2.45, 2.75) is 19.8 Å². The number of benzene rings is 1. The van der Waals surface area contributed by atoms with Crippen LogP contribution in [-0.4, -0.2) is 61.2 Å². The highest BCUT2D eigenvalue weighted by Gasteiger charge is 2.34. The summed E-state index contributed by atoms with van der Waals surface area (Å²) in [7, 11) is -3.39. The van der Waals surface area contributed by atoms with Crippen LogP contribution in [0.25, 0.3) is 0 Å². The third kappa shape index (κ3) is 3.94. The molecule has 1 unspecified atom stereocenters. The number of nitro benzene ring substituents is 1. The minimum absolute atomic E-state index is 0.0594. The van der Waals surface area contributed by atoms with Gasteiger partial charge in [0.1, 0.15) is 0 Å². The first kappa shape index (κ1) is 18.1. The maximum absolute atomic E-state index is 12.8. The molecule has 2 aliphatic rings. The van der Waals surface area contributed by atoms with Crippen molar-refractivity contribution in [2.75, 3.05) is 44.2 Å². The highest BCUT2D eigenvalue weighted by Crippen LogP contribution is 2.24. The molecular weight excluding hydrogens is 344 g/mol. The van der Waals surface area contributed by atoms with Gasteiger partial charge in [0.15, 0.2) is 0 Å². The van der Waals surface area contributed by atoms with Gasteiger partial charge in [-0.1, -0.05) is 6.92 Å². The summed E-state index contributed by atoms with van der Waals surface area (Å²) >= 11 is 0. The van der Waals surface area contributed by atoms with Crippen molar-refractivity contribution in [3.8, 4) is 0 Å². The summed E-state index contributed by atoms with van der Waals surface area (Å²) in [5.41, 5.74) is 0.943. The molecule has 0 radical (unpaired) electrons. The molecule has 0 aliphatic carbocycles. The maximum atomic E-state index is 12.8. The largest absolute Gasteiger partial charge is 0.369 e. The third-order valence-electron chi connectivity index (χ3n) is 4.94. The molecule has 2 saturated heterocycles. The van der Waals surface area contributed by atoms with Gasteiger partial charge in [-0.3, -0.25) is 10.1 Å². The van der Waals surface area contributed by atoms with E-state index in [2.05, 4.69) is 11.8 Å². The summed E-state index contributed by atoms with van der Waals surface area (Å²) in [6, 6.07) is 6.39. The van der Waals surface area contributed by atoms with Crippen LogP contribution < -0.4 is 4.90 Å². The molecule has 0 spiro atoms. The summed E-state index contributed by atoms with van der Waals surface area (Å²) < 4.78 is 28.8. The molecule has 0 saturated carbocycles. The number of piperazine rings is 1. The molecule has 0 aromatic heterocycles. The van der Waals surface area contributed by atoms with Crippen molar-refractivity contribution in [2.24, 2.45) is 5.92 Å². The van der Waals surface area contributed by atoms with E-state index in [1.807, 2.05) is 0 Å². The molecule has 0 amide bonds. The predicted octanol–water partition coefficient (Wildman–Crippen LogP) is 1.69. The van der Waals surface area contributed by atoms with Gasteiger partial charge < -0.3 is 4.90 Å². The summed E-state index contributed by atoms with van der Waals surface area (Å²) in [6.07, 6.45) is 2.00. The zero-order chi connectivity index (χ0) is 18.0. The van der Waals surface area contributed by atoms with Crippen molar-refractivity contribution >= 4 is 21.6 Å². The molecule has 3 rings (SSSR count). The number of rotatable bonds is 4. The van der Waals surface area contributed by atoms with Crippen LogP contribution >= 0.6 is 0 Å². The van der Waals surface area contributed by atoms with Crippen molar-refractivity contribution in [1.29, 1.82) is 0 Å². The highest BCUT2D eigenvalue weighted by atomic mass is 32.2. The highest BCUT2D eigenvalue weighted by molar-refractivity contribution is 7.86. The third-order valence-corrected chi connectivity index (χ3v) is 6.94.